The molecule has 0 spiro atoms. The number of halogens is 3. The quantitative estimate of drug-likeness (QED) is 0.439. The fraction of sp³-hybridized carbons (Fsp3) is 0.312. The van der Waals surface area contributed by atoms with Crippen molar-refractivity contribution in [1.29, 1.82) is 0 Å². The van der Waals surface area contributed by atoms with Crippen molar-refractivity contribution < 1.29 is 9.53 Å². The average molecular weight is 447 g/mol. The second-order valence-corrected chi connectivity index (χ2v) is 7.06. The molecule has 0 fully saturated rings. The number of carbonyl (C=O) groups is 1. The van der Waals surface area contributed by atoms with E-state index in [0.29, 0.717) is 11.2 Å². The van der Waals surface area contributed by atoms with E-state index in [1.807, 2.05) is 0 Å². The maximum absolute atomic E-state index is 12.6. The number of esters is 1. The largest absolute Gasteiger partial charge is 0.461 e. The number of hydrogen-bond donors (Lipinski definition) is 0. The molecule has 3 aromatic rings. The van der Waals surface area contributed by atoms with Gasteiger partial charge in [0.05, 0.1) is 28.0 Å². The van der Waals surface area contributed by atoms with Crippen LogP contribution >= 0.6 is 34.8 Å². The Kier molecular flexibility index (Phi) is 5.78. The number of pyridine rings is 1. The Morgan fingerprint density at radius 1 is 1.14 bits per heavy atom. The van der Waals surface area contributed by atoms with Crippen LogP contribution in [0, 0.1) is 0 Å². The van der Waals surface area contributed by atoms with Gasteiger partial charge < -0.3 is 9.30 Å². The van der Waals surface area contributed by atoms with E-state index in [1.54, 1.807) is 11.6 Å². The van der Waals surface area contributed by atoms with Gasteiger partial charge in [0.25, 0.3) is 5.56 Å². The topological polar surface area (TPSA) is 101 Å². The molecule has 0 amide bonds. The summed E-state index contributed by atoms with van der Waals surface area (Å²) in [6.07, 6.45) is 2.88. The van der Waals surface area contributed by atoms with Crippen molar-refractivity contribution >= 4 is 51.9 Å². The second-order valence-electron chi connectivity index (χ2n) is 5.90. The summed E-state index contributed by atoms with van der Waals surface area (Å²) in [7, 11) is 3.20. The van der Waals surface area contributed by atoms with Crippen LogP contribution in [0.1, 0.15) is 16.9 Å². The van der Waals surface area contributed by atoms with Gasteiger partial charge in [0.15, 0.2) is 16.9 Å². The van der Waals surface area contributed by atoms with Crippen molar-refractivity contribution in [2.75, 3.05) is 6.61 Å². The maximum Gasteiger partial charge on any atom is 0.358 e. The fourth-order valence-electron chi connectivity index (χ4n) is 2.63. The lowest BCUT2D eigenvalue weighted by Gasteiger charge is -2.09. The second kappa shape index (κ2) is 7.94. The van der Waals surface area contributed by atoms with Crippen molar-refractivity contribution in [3.63, 3.8) is 0 Å². The lowest BCUT2D eigenvalue weighted by Crippen LogP contribution is -2.39. The minimum atomic E-state index is -0.786. The molecular weight excluding hydrogens is 433 g/mol. The van der Waals surface area contributed by atoms with E-state index in [4.69, 9.17) is 39.5 Å². The van der Waals surface area contributed by atoms with Crippen molar-refractivity contribution in [3.05, 3.63) is 54.1 Å². The summed E-state index contributed by atoms with van der Waals surface area (Å²) in [4.78, 5) is 44.9. The molecule has 0 radical (unpaired) electrons. The molecule has 12 heteroatoms. The molecule has 3 rings (SSSR count). The van der Waals surface area contributed by atoms with Crippen LogP contribution in [0.15, 0.2) is 22.1 Å². The number of imidazole rings is 1. The number of ether oxygens (including phenoxy) is 1. The maximum atomic E-state index is 12.6. The molecule has 0 bridgehead atoms. The highest BCUT2D eigenvalue weighted by atomic mass is 35.5. The first-order valence-electron chi connectivity index (χ1n) is 8.01. The molecule has 0 saturated heterocycles. The predicted octanol–water partition coefficient (Wildman–Crippen LogP) is 2.04. The van der Waals surface area contributed by atoms with E-state index in [1.165, 1.54) is 24.1 Å². The Balaban J connectivity index is 1.72. The third kappa shape index (κ3) is 3.52. The SMILES string of the molecule is Cn1cnc2c1c(=O)n(CCCOC(=O)c1ncc(Cl)c(Cl)c1Cl)c(=O)n2C. The summed E-state index contributed by atoms with van der Waals surface area (Å²) in [6.45, 7) is -0.00144. The number of nitrogens with zero attached hydrogens (tertiary/aromatic N) is 5. The molecular formula is C16H14Cl3N5O4. The summed E-state index contributed by atoms with van der Waals surface area (Å²) in [5, 5.41) is 0.0136. The Bertz CT molecular complexity index is 1200. The van der Waals surface area contributed by atoms with Crippen LogP contribution in [0.2, 0.25) is 15.1 Å². The molecule has 0 aliphatic heterocycles. The Labute approximate surface area is 173 Å². The number of hydrogen-bond acceptors (Lipinski definition) is 6. The van der Waals surface area contributed by atoms with Gasteiger partial charge in [0.1, 0.15) is 0 Å². The van der Waals surface area contributed by atoms with Crippen LogP contribution in [0.3, 0.4) is 0 Å². The zero-order valence-corrected chi connectivity index (χ0v) is 17.0. The standard InChI is InChI=1S/C16H14Cl3N5O4/c1-22-7-21-13-12(22)14(25)24(16(27)23(13)2)4-3-5-28-15(26)11-10(19)9(18)8(17)6-20-11/h6-7H,3-5H2,1-2H3. The van der Waals surface area contributed by atoms with Crippen molar-refractivity contribution in [3.8, 4) is 0 Å². The first-order valence-corrected chi connectivity index (χ1v) is 9.15. The van der Waals surface area contributed by atoms with E-state index < -0.39 is 17.2 Å². The van der Waals surface area contributed by atoms with E-state index in [0.717, 1.165) is 4.57 Å². The van der Waals surface area contributed by atoms with Crippen molar-refractivity contribution in [2.24, 2.45) is 14.1 Å². The average Bonchev–Trinajstić information content (AvgIpc) is 3.05. The van der Waals surface area contributed by atoms with Gasteiger partial charge in [-0.05, 0) is 6.42 Å². The zero-order chi connectivity index (χ0) is 20.6. The van der Waals surface area contributed by atoms with Crippen LogP contribution in [-0.2, 0) is 25.4 Å². The molecule has 9 nitrogen and oxygen atoms in total. The van der Waals surface area contributed by atoms with Gasteiger partial charge >= 0.3 is 11.7 Å². The third-order valence-electron chi connectivity index (χ3n) is 4.07. The van der Waals surface area contributed by atoms with Crippen molar-refractivity contribution in [1.82, 2.24) is 23.7 Å². The molecule has 3 aromatic heterocycles. The number of carbonyl (C=O) groups excluding carboxylic acids is 1. The van der Waals surface area contributed by atoms with E-state index in [-0.39, 0.29) is 40.3 Å². The smallest absolute Gasteiger partial charge is 0.358 e. The van der Waals surface area contributed by atoms with E-state index in [9.17, 15) is 14.4 Å². The highest BCUT2D eigenvalue weighted by Gasteiger charge is 2.19. The highest BCUT2D eigenvalue weighted by molar-refractivity contribution is 6.48. The predicted molar refractivity (Wildman–Crippen MR) is 104 cm³/mol. The first-order chi connectivity index (χ1) is 13.2. The fourth-order valence-corrected chi connectivity index (χ4v) is 3.19. The highest BCUT2D eigenvalue weighted by Crippen LogP contribution is 2.31. The molecule has 148 valence electrons. The van der Waals surface area contributed by atoms with Crippen LogP contribution in [0.4, 0.5) is 0 Å². The van der Waals surface area contributed by atoms with Gasteiger partial charge in [0.2, 0.25) is 0 Å². The van der Waals surface area contributed by atoms with E-state index in [2.05, 4.69) is 9.97 Å². The molecule has 28 heavy (non-hydrogen) atoms. The molecule has 0 saturated carbocycles. The van der Waals surface area contributed by atoms with Gasteiger partial charge in [-0.2, -0.15) is 0 Å². The van der Waals surface area contributed by atoms with Crippen LogP contribution in [0.5, 0.6) is 0 Å². The molecule has 0 aromatic carbocycles. The number of aromatic nitrogens is 5. The Morgan fingerprint density at radius 3 is 2.57 bits per heavy atom. The molecule has 0 N–H and O–H groups in total. The number of aryl methyl sites for hydroxylation is 2. The molecule has 0 atom stereocenters. The van der Waals surface area contributed by atoms with Crippen LogP contribution < -0.4 is 11.2 Å². The summed E-state index contributed by atoms with van der Waals surface area (Å²) < 4.78 is 9.01. The normalized spacial score (nSPS) is 11.2. The molecule has 3 heterocycles. The summed E-state index contributed by atoms with van der Waals surface area (Å²) in [6, 6.07) is 0. The van der Waals surface area contributed by atoms with Gasteiger partial charge in [-0.3, -0.25) is 13.9 Å². The van der Waals surface area contributed by atoms with Gasteiger partial charge in [-0.15, -0.1) is 0 Å². The van der Waals surface area contributed by atoms with Crippen LogP contribution in [0.25, 0.3) is 11.2 Å². The Hall–Kier alpha value is -2.36. The number of fused-ring (bicyclic) bond motifs is 1. The third-order valence-corrected chi connectivity index (χ3v) is 5.31. The lowest BCUT2D eigenvalue weighted by atomic mass is 10.3. The van der Waals surface area contributed by atoms with Crippen molar-refractivity contribution in [2.45, 2.75) is 13.0 Å². The minimum absolute atomic E-state index is 0.00446. The monoisotopic (exact) mass is 445 g/mol. The summed E-state index contributed by atoms with van der Waals surface area (Å²) in [5.41, 5.74) is -0.512. The lowest BCUT2D eigenvalue weighted by molar-refractivity contribution is 0.0488. The van der Waals surface area contributed by atoms with Gasteiger partial charge in [-0.25, -0.2) is 19.6 Å². The van der Waals surface area contributed by atoms with Gasteiger partial charge in [-0.1, -0.05) is 34.8 Å². The zero-order valence-electron chi connectivity index (χ0n) is 14.8. The molecule has 0 unspecified atom stereocenters. The first kappa shape index (κ1) is 20.4. The molecule has 0 aliphatic rings. The van der Waals surface area contributed by atoms with Crippen LogP contribution in [-0.4, -0.2) is 36.2 Å². The Morgan fingerprint density at radius 2 is 1.86 bits per heavy atom. The summed E-state index contributed by atoms with van der Waals surface area (Å²) in [5.74, 6) is -0.786. The molecule has 0 aliphatic carbocycles. The van der Waals surface area contributed by atoms with E-state index >= 15 is 0 Å². The minimum Gasteiger partial charge on any atom is -0.461 e. The summed E-state index contributed by atoms with van der Waals surface area (Å²) >= 11 is 17.6. The number of rotatable bonds is 5. The van der Waals surface area contributed by atoms with Gasteiger partial charge in [0, 0.05) is 26.8 Å².